The lowest BCUT2D eigenvalue weighted by atomic mass is 10.1. The van der Waals surface area contributed by atoms with Crippen LogP contribution in [0.25, 0.3) is 11.0 Å². The third kappa shape index (κ3) is 3.63. The molecule has 2 aromatic rings. The lowest BCUT2D eigenvalue weighted by Crippen LogP contribution is -2.27. The van der Waals surface area contributed by atoms with E-state index >= 15 is 0 Å². The van der Waals surface area contributed by atoms with Gasteiger partial charge in [0.2, 0.25) is 5.91 Å². The summed E-state index contributed by atoms with van der Waals surface area (Å²) in [6, 6.07) is 8.12. The first kappa shape index (κ1) is 15.5. The lowest BCUT2D eigenvalue weighted by molar-refractivity contribution is -0.130. The minimum absolute atomic E-state index is 0.193. The van der Waals surface area contributed by atoms with E-state index in [0.717, 1.165) is 29.8 Å². The number of aryl methyl sites for hydroxylation is 1. The topological polar surface area (TPSA) is 38.1 Å². The molecule has 21 heavy (non-hydrogen) atoms. The Morgan fingerprint density at radius 1 is 1.33 bits per heavy atom. The zero-order valence-electron chi connectivity index (χ0n) is 13.5. The first-order valence-electron chi connectivity index (χ1n) is 7.71. The maximum atomic E-state index is 12.2. The number of para-hydroxylation sites is 2. The fourth-order valence-corrected chi connectivity index (χ4v) is 2.50. The van der Waals surface area contributed by atoms with Crippen molar-refractivity contribution >= 4 is 16.9 Å². The van der Waals surface area contributed by atoms with Crippen LogP contribution in [0.3, 0.4) is 0 Å². The molecule has 1 amide bonds. The molecular formula is C17H25N3O. The van der Waals surface area contributed by atoms with Crippen LogP contribution in [0.5, 0.6) is 0 Å². The summed E-state index contributed by atoms with van der Waals surface area (Å²) < 4.78 is 2.18. The van der Waals surface area contributed by atoms with Crippen LogP contribution >= 0.6 is 0 Å². The summed E-state index contributed by atoms with van der Waals surface area (Å²) >= 11 is 0. The molecule has 0 saturated heterocycles. The van der Waals surface area contributed by atoms with Gasteiger partial charge in [0.05, 0.1) is 17.6 Å². The number of carbonyl (C=O) groups is 1. The maximum Gasteiger partial charge on any atom is 0.222 e. The number of imidazole rings is 1. The molecule has 0 radical (unpaired) electrons. The van der Waals surface area contributed by atoms with Crippen molar-refractivity contribution < 1.29 is 4.79 Å². The number of nitrogens with zero attached hydrogens (tertiary/aromatic N) is 3. The second-order valence-electron chi connectivity index (χ2n) is 5.94. The molecule has 4 nitrogen and oxygen atoms in total. The first-order chi connectivity index (χ1) is 10.0. The van der Waals surface area contributed by atoms with E-state index in [4.69, 9.17) is 0 Å². The molecule has 1 aromatic heterocycles. The molecule has 0 bridgehead atoms. The fourth-order valence-electron chi connectivity index (χ4n) is 2.50. The molecule has 114 valence electrons. The SMILES string of the molecule is CCn1c(CN(C)C(=O)CCC(C)C)nc2ccccc21. The van der Waals surface area contributed by atoms with Crippen LogP contribution in [0.1, 0.15) is 39.4 Å². The van der Waals surface area contributed by atoms with E-state index in [9.17, 15) is 4.79 Å². The molecule has 1 aromatic carbocycles. The minimum atomic E-state index is 0.193. The predicted octanol–water partition coefficient (Wildman–Crippen LogP) is 3.45. The highest BCUT2D eigenvalue weighted by Crippen LogP contribution is 2.17. The van der Waals surface area contributed by atoms with Crippen LogP contribution in [0.2, 0.25) is 0 Å². The van der Waals surface area contributed by atoms with Crippen molar-refractivity contribution in [1.82, 2.24) is 14.5 Å². The zero-order chi connectivity index (χ0) is 15.4. The van der Waals surface area contributed by atoms with Crippen molar-refractivity contribution in [1.29, 1.82) is 0 Å². The molecule has 2 rings (SSSR count). The predicted molar refractivity (Wildman–Crippen MR) is 86.0 cm³/mol. The normalized spacial score (nSPS) is 11.3. The van der Waals surface area contributed by atoms with Crippen molar-refractivity contribution in [3.63, 3.8) is 0 Å². The second kappa shape index (κ2) is 6.74. The van der Waals surface area contributed by atoms with Gasteiger partial charge in [-0.05, 0) is 31.4 Å². The van der Waals surface area contributed by atoms with Gasteiger partial charge >= 0.3 is 0 Å². The summed E-state index contributed by atoms with van der Waals surface area (Å²) in [5.74, 6) is 1.71. The summed E-state index contributed by atoms with van der Waals surface area (Å²) in [6.07, 6.45) is 1.55. The molecule has 0 aliphatic carbocycles. The van der Waals surface area contributed by atoms with E-state index in [-0.39, 0.29) is 5.91 Å². The Balaban J connectivity index is 2.13. The van der Waals surface area contributed by atoms with Crippen LogP contribution in [0.15, 0.2) is 24.3 Å². The van der Waals surface area contributed by atoms with Gasteiger partial charge in [0.25, 0.3) is 0 Å². The van der Waals surface area contributed by atoms with Gasteiger partial charge in [0, 0.05) is 20.0 Å². The third-order valence-electron chi connectivity index (χ3n) is 3.79. The Bertz CT molecular complexity index is 616. The Labute approximate surface area is 126 Å². The molecule has 0 aliphatic heterocycles. The van der Waals surface area contributed by atoms with Gasteiger partial charge < -0.3 is 9.47 Å². The average molecular weight is 287 g/mol. The van der Waals surface area contributed by atoms with Gasteiger partial charge in [-0.1, -0.05) is 26.0 Å². The van der Waals surface area contributed by atoms with Gasteiger partial charge in [-0.3, -0.25) is 4.79 Å². The summed E-state index contributed by atoms with van der Waals surface area (Å²) in [4.78, 5) is 18.6. The van der Waals surface area contributed by atoms with Crippen molar-refractivity contribution in [2.24, 2.45) is 5.92 Å². The van der Waals surface area contributed by atoms with Gasteiger partial charge in [0.15, 0.2) is 0 Å². The Morgan fingerprint density at radius 2 is 2.05 bits per heavy atom. The molecule has 0 spiro atoms. The van der Waals surface area contributed by atoms with Crippen LogP contribution < -0.4 is 0 Å². The number of carbonyl (C=O) groups excluding carboxylic acids is 1. The standard InChI is InChI=1S/C17H25N3O/c1-5-20-15-9-7-6-8-14(15)18-16(20)12-19(4)17(21)11-10-13(2)3/h6-9,13H,5,10-12H2,1-4H3. The monoisotopic (exact) mass is 287 g/mol. The second-order valence-corrected chi connectivity index (χ2v) is 5.94. The molecular weight excluding hydrogens is 262 g/mol. The van der Waals surface area contributed by atoms with Gasteiger partial charge in [-0.15, -0.1) is 0 Å². The van der Waals surface area contributed by atoms with E-state index in [2.05, 4.69) is 36.4 Å². The van der Waals surface area contributed by atoms with Crippen molar-refractivity contribution in [3.05, 3.63) is 30.1 Å². The Morgan fingerprint density at radius 3 is 2.71 bits per heavy atom. The number of aromatic nitrogens is 2. The van der Waals surface area contributed by atoms with Gasteiger partial charge in [-0.25, -0.2) is 4.98 Å². The number of fused-ring (bicyclic) bond motifs is 1. The highest BCUT2D eigenvalue weighted by Gasteiger charge is 2.15. The molecule has 0 aliphatic rings. The lowest BCUT2D eigenvalue weighted by Gasteiger charge is -2.18. The Kier molecular flexibility index (Phi) is 4.99. The van der Waals surface area contributed by atoms with Crippen LogP contribution in [-0.4, -0.2) is 27.4 Å². The van der Waals surface area contributed by atoms with E-state index in [1.807, 2.05) is 25.2 Å². The zero-order valence-corrected chi connectivity index (χ0v) is 13.5. The summed E-state index contributed by atoms with van der Waals surface area (Å²) in [5, 5.41) is 0. The molecule has 0 unspecified atom stereocenters. The molecule has 1 heterocycles. The number of rotatable bonds is 6. The summed E-state index contributed by atoms with van der Waals surface area (Å²) in [6.45, 7) is 7.83. The van der Waals surface area contributed by atoms with Crippen LogP contribution in [0, 0.1) is 5.92 Å². The van der Waals surface area contributed by atoms with Crippen molar-refractivity contribution in [3.8, 4) is 0 Å². The average Bonchev–Trinajstić information content (AvgIpc) is 2.81. The quantitative estimate of drug-likeness (QED) is 0.816. The molecule has 4 heteroatoms. The highest BCUT2D eigenvalue weighted by molar-refractivity contribution is 5.77. The first-order valence-corrected chi connectivity index (χ1v) is 7.71. The largest absolute Gasteiger partial charge is 0.338 e. The van der Waals surface area contributed by atoms with E-state index in [0.29, 0.717) is 18.9 Å². The van der Waals surface area contributed by atoms with E-state index < -0.39 is 0 Å². The molecule has 0 atom stereocenters. The minimum Gasteiger partial charge on any atom is -0.338 e. The van der Waals surface area contributed by atoms with Gasteiger partial charge in [-0.2, -0.15) is 0 Å². The third-order valence-corrected chi connectivity index (χ3v) is 3.79. The molecule has 0 fully saturated rings. The number of amides is 1. The van der Waals surface area contributed by atoms with Gasteiger partial charge in [0.1, 0.15) is 5.82 Å². The highest BCUT2D eigenvalue weighted by atomic mass is 16.2. The van der Waals surface area contributed by atoms with E-state index in [1.54, 1.807) is 4.90 Å². The fraction of sp³-hybridized carbons (Fsp3) is 0.529. The van der Waals surface area contributed by atoms with E-state index in [1.165, 1.54) is 0 Å². The van der Waals surface area contributed by atoms with Crippen LogP contribution in [0.4, 0.5) is 0 Å². The molecule has 0 N–H and O–H groups in total. The Hall–Kier alpha value is -1.84. The molecule has 0 saturated carbocycles. The number of hydrogen-bond acceptors (Lipinski definition) is 2. The van der Waals surface area contributed by atoms with Crippen molar-refractivity contribution in [2.45, 2.75) is 46.7 Å². The van der Waals surface area contributed by atoms with Crippen molar-refractivity contribution in [2.75, 3.05) is 7.05 Å². The number of hydrogen-bond donors (Lipinski definition) is 0. The van der Waals surface area contributed by atoms with Crippen LogP contribution in [-0.2, 0) is 17.9 Å². The summed E-state index contributed by atoms with van der Waals surface area (Å²) in [5.41, 5.74) is 2.13. The maximum absolute atomic E-state index is 12.2. The summed E-state index contributed by atoms with van der Waals surface area (Å²) in [7, 11) is 1.86. The number of benzene rings is 1. The smallest absolute Gasteiger partial charge is 0.222 e.